The zero-order chi connectivity index (χ0) is 40.9. The Morgan fingerprint density at radius 1 is 0.741 bits per heavy atom. The van der Waals surface area contributed by atoms with Gasteiger partial charge in [-0.3, -0.25) is 9.59 Å². The number of nitrogens with one attached hydrogen (secondary N) is 2. The van der Waals surface area contributed by atoms with Crippen molar-refractivity contribution in [2.45, 2.75) is 18.9 Å². The minimum absolute atomic E-state index is 0.0407. The molecule has 0 saturated carbocycles. The van der Waals surface area contributed by atoms with Crippen molar-refractivity contribution in [1.82, 2.24) is 15.1 Å². The van der Waals surface area contributed by atoms with Gasteiger partial charge in [-0.2, -0.15) is 10.0 Å². The number of hydrazine groups is 1. The van der Waals surface area contributed by atoms with Crippen LogP contribution in [0.15, 0.2) is 133 Å². The molecule has 0 unspecified atom stereocenters. The lowest BCUT2D eigenvalue weighted by Gasteiger charge is -2.37. The fraction of sp³-hybridized carbons (Fsp3) is 0.244. The van der Waals surface area contributed by atoms with E-state index in [-0.39, 0.29) is 30.7 Å². The lowest BCUT2D eigenvalue weighted by atomic mass is 10.0. The minimum Gasteiger partial charge on any atom is -0.463 e. The molecule has 4 amide bonds. The first-order valence-electron chi connectivity index (χ1n) is 19.3. The number of aliphatic hydroxyl groups is 1. The number of likely N-dealkylation sites (N-methyl/N-ethyl adjacent to an activating group) is 1. The highest BCUT2D eigenvalue weighted by molar-refractivity contribution is 6.06. The van der Waals surface area contributed by atoms with Crippen LogP contribution < -0.4 is 20.7 Å². The number of aliphatic hydroxyl groups excluding tert-OH is 1. The van der Waals surface area contributed by atoms with E-state index in [2.05, 4.69) is 15.5 Å². The molecule has 1 heterocycles. The Bertz CT molecular complexity index is 2160. The van der Waals surface area contributed by atoms with Gasteiger partial charge in [0, 0.05) is 62.1 Å². The number of amides is 4. The molecular weight excluding hydrogens is 737 g/mol. The number of anilines is 3. The Labute approximate surface area is 338 Å². The Hall–Kier alpha value is -6.54. The number of benzene rings is 5. The number of carboxylic acid groups (broad SMARTS) is 1. The molecule has 300 valence electrons. The Balaban J connectivity index is 1.14. The molecule has 5 aromatic rings. The number of ether oxygens (including phenoxy) is 1. The molecule has 0 atom stereocenters. The van der Waals surface area contributed by atoms with Crippen LogP contribution in [0.3, 0.4) is 0 Å². The summed E-state index contributed by atoms with van der Waals surface area (Å²) in [7, 11) is 1.73. The summed E-state index contributed by atoms with van der Waals surface area (Å²) >= 11 is 0. The fourth-order valence-corrected chi connectivity index (χ4v) is 6.90. The number of hydrogen-bond donors (Lipinski definition) is 4. The average molecular weight is 785 g/mol. The summed E-state index contributed by atoms with van der Waals surface area (Å²) in [5.41, 5.74) is 4.44. The molecule has 1 aliphatic heterocycles. The van der Waals surface area contributed by atoms with Gasteiger partial charge in [-0.25, -0.2) is 9.59 Å². The number of para-hydroxylation sites is 2. The van der Waals surface area contributed by atoms with Crippen molar-refractivity contribution in [1.29, 1.82) is 0 Å². The molecule has 0 spiro atoms. The minimum atomic E-state index is -1.36. The maximum absolute atomic E-state index is 14.5. The molecule has 0 bridgehead atoms. The second-order valence-electron chi connectivity index (χ2n) is 13.9. The third kappa shape index (κ3) is 10.4. The van der Waals surface area contributed by atoms with Crippen LogP contribution in [-0.2, 0) is 9.53 Å². The van der Waals surface area contributed by atoms with Crippen LogP contribution in [0.25, 0.3) is 22.3 Å². The molecular formula is C45H48N6O7. The molecule has 5 aromatic carbocycles. The SMILES string of the molecule is CN(CCN1CCC(OC(=O)N(c2ccccc2-c2ccccc2)N(C(=O)O)c2ccccc2-c2ccccc2)CC1)C(=O)c1cccc(NC(=O)CNCCO)c1. The molecule has 6 rings (SSSR count). The van der Waals surface area contributed by atoms with Gasteiger partial charge in [0.1, 0.15) is 6.10 Å². The van der Waals surface area contributed by atoms with Crippen molar-refractivity contribution in [3.8, 4) is 22.3 Å². The molecule has 1 fully saturated rings. The van der Waals surface area contributed by atoms with Gasteiger partial charge in [0.2, 0.25) is 5.91 Å². The predicted octanol–water partition coefficient (Wildman–Crippen LogP) is 6.82. The smallest absolute Gasteiger partial charge is 0.434 e. The number of carbonyl (C=O) groups is 4. The van der Waals surface area contributed by atoms with Crippen molar-refractivity contribution in [3.63, 3.8) is 0 Å². The molecule has 4 N–H and O–H groups in total. The Morgan fingerprint density at radius 2 is 1.31 bits per heavy atom. The highest BCUT2D eigenvalue weighted by atomic mass is 16.6. The largest absolute Gasteiger partial charge is 0.463 e. The predicted molar refractivity (Wildman–Crippen MR) is 225 cm³/mol. The second kappa shape index (κ2) is 20.1. The zero-order valence-corrected chi connectivity index (χ0v) is 32.4. The average Bonchev–Trinajstić information content (AvgIpc) is 3.25. The van der Waals surface area contributed by atoms with Crippen LogP contribution in [0.5, 0.6) is 0 Å². The Kier molecular flexibility index (Phi) is 14.2. The molecule has 58 heavy (non-hydrogen) atoms. The molecule has 0 aromatic heterocycles. The zero-order valence-electron chi connectivity index (χ0n) is 32.4. The summed E-state index contributed by atoms with van der Waals surface area (Å²) in [5, 5.41) is 27.5. The first-order valence-corrected chi connectivity index (χ1v) is 19.3. The molecule has 1 saturated heterocycles. The topological polar surface area (TPSA) is 155 Å². The number of carbonyl (C=O) groups excluding carboxylic acids is 3. The van der Waals surface area contributed by atoms with Crippen molar-refractivity contribution in [3.05, 3.63) is 139 Å². The lowest BCUT2D eigenvalue weighted by Crippen LogP contribution is -2.52. The van der Waals surface area contributed by atoms with Crippen LogP contribution in [0.4, 0.5) is 26.7 Å². The van der Waals surface area contributed by atoms with Gasteiger partial charge in [-0.15, -0.1) is 0 Å². The van der Waals surface area contributed by atoms with E-state index in [1.165, 1.54) is 0 Å². The van der Waals surface area contributed by atoms with Gasteiger partial charge >= 0.3 is 12.2 Å². The molecule has 13 heteroatoms. The van der Waals surface area contributed by atoms with Crippen LogP contribution >= 0.6 is 0 Å². The van der Waals surface area contributed by atoms with Crippen LogP contribution in [-0.4, -0.2) is 103 Å². The summed E-state index contributed by atoms with van der Waals surface area (Å²) in [6.07, 6.45) is -1.64. The van der Waals surface area contributed by atoms with E-state index in [1.54, 1.807) is 60.5 Å². The maximum atomic E-state index is 14.5. The standard InChI is InChI=1S/C45H48N6O7/c1-48(43(54)35-17-12-18-36(31-35)47-42(53)32-46-25-30-52)28-29-49-26-23-37(24-27-49)58-45(57)51(41-22-11-9-20-39(41)34-15-6-3-7-16-34)50(44(55)56)40-21-10-8-19-38(40)33-13-4-2-5-14-33/h2-22,31,37,46,52H,23-30,32H2,1H3,(H,47,53)(H,55,56). The normalized spacial score (nSPS) is 13.0. The summed E-state index contributed by atoms with van der Waals surface area (Å²) < 4.78 is 6.18. The molecule has 0 radical (unpaired) electrons. The number of hydrogen-bond acceptors (Lipinski definition) is 8. The highest BCUT2D eigenvalue weighted by Gasteiger charge is 2.36. The third-order valence-corrected chi connectivity index (χ3v) is 9.86. The maximum Gasteiger partial charge on any atom is 0.434 e. The summed E-state index contributed by atoms with van der Waals surface area (Å²) in [6.45, 7) is 2.52. The van der Waals surface area contributed by atoms with E-state index in [0.717, 1.165) is 21.1 Å². The summed E-state index contributed by atoms with van der Waals surface area (Å²) in [5.74, 6) is -0.469. The number of piperidine rings is 1. The van der Waals surface area contributed by atoms with Crippen LogP contribution in [0.1, 0.15) is 23.2 Å². The summed E-state index contributed by atoms with van der Waals surface area (Å²) in [6, 6.07) is 39.9. The highest BCUT2D eigenvalue weighted by Crippen LogP contribution is 2.38. The first-order chi connectivity index (χ1) is 28.2. The van der Waals surface area contributed by atoms with E-state index >= 15 is 0 Å². The number of likely N-dealkylation sites (tertiary alicyclic amines) is 1. The monoisotopic (exact) mass is 784 g/mol. The van der Waals surface area contributed by atoms with E-state index < -0.39 is 18.3 Å². The van der Waals surface area contributed by atoms with Crippen LogP contribution in [0.2, 0.25) is 0 Å². The quantitative estimate of drug-likeness (QED) is 0.0702. The third-order valence-electron chi connectivity index (χ3n) is 9.86. The number of nitrogens with zero attached hydrogens (tertiary/aromatic N) is 4. The first kappa shape index (κ1) is 41.1. The van der Waals surface area contributed by atoms with Gasteiger partial charge < -0.3 is 35.4 Å². The van der Waals surface area contributed by atoms with Crippen molar-refractivity contribution >= 4 is 41.1 Å². The van der Waals surface area contributed by atoms with E-state index in [4.69, 9.17) is 9.84 Å². The van der Waals surface area contributed by atoms with E-state index in [0.29, 0.717) is 73.6 Å². The van der Waals surface area contributed by atoms with Gasteiger partial charge in [0.15, 0.2) is 0 Å². The van der Waals surface area contributed by atoms with Crippen molar-refractivity contribution < 1.29 is 34.1 Å². The fourth-order valence-electron chi connectivity index (χ4n) is 6.90. The van der Waals surface area contributed by atoms with Gasteiger partial charge in [-0.1, -0.05) is 103 Å². The van der Waals surface area contributed by atoms with Gasteiger partial charge in [0.05, 0.1) is 24.5 Å². The molecule has 13 nitrogen and oxygen atoms in total. The lowest BCUT2D eigenvalue weighted by molar-refractivity contribution is -0.115. The second-order valence-corrected chi connectivity index (χ2v) is 13.9. The molecule has 0 aliphatic carbocycles. The molecule has 1 aliphatic rings. The van der Waals surface area contributed by atoms with Gasteiger partial charge in [0.25, 0.3) is 5.91 Å². The Morgan fingerprint density at radius 3 is 1.90 bits per heavy atom. The van der Waals surface area contributed by atoms with E-state index in [1.807, 2.05) is 84.9 Å². The van der Waals surface area contributed by atoms with Crippen molar-refractivity contribution in [2.75, 3.05) is 68.3 Å². The number of rotatable bonds is 14. The van der Waals surface area contributed by atoms with Crippen LogP contribution in [0, 0.1) is 0 Å². The van der Waals surface area contributed by atoms with E-state index in [9.17, 15) is 24.3 Å². The summed E-state index contributed by atoms with van der Waals surface area (Å²) in [4.78, 5) is 57.2. The van der Waals surface area contributed by atoms with Crippen molar-refractivity contribution in [2.24, 2.45) is 0 Å². The van der Waals surface area contributed by atoms with Gasteiger partial charge in [-0.05, 0) is 54.3 Å².